The second-order valence-electron chi connectivity index (χ2n) is 5.44. The number of furan rings is 1. The van der Waals surface area contributed by atoms with Crippen molar-refractivity contribution in [1.82, 2.24) is 20.7 Å². The molecule has 124 valence electrons. The van der Waals surface area contributed by atoms with Crippen LogP contribution in [0.25, 0.3) is 0 Å². The second-order valence-corrected chi connectivity index (χ2v) is 5.44. The maximum absolute atomic E-state index is 12.1. The zero-order chi connectivity index (χ0) is 16.9. The van der Waals surface area contributed by atoms with Crippen LogP contribution in [-0.4, -0.2) is 34.2 Å². The predicted molar refractivity (Wildman–Crippen MR) is 82.1 cm³/mol. The van der Waals surface area contributed by atoms with E-state index in [1.54, 1.807) is 35.4 Å². The lowest BCUT2D eigenvalue weighted by molar-refractivity contribution is -0.129. The summed E-state index contributed by atoms with van der Waals surface area (Å²) in [6.07, 6.45) is 4.59. The average Bonchev–Trinajstić information content (AvgIpc) is 3.24. The van der Waals surface area contributed by atoms with Gasteiger partial charge in [0.2, 0.25) is 11.8 Å². The lowest BCUT2D eigenvalue weighted by atomic mass is 10.1. The molecule has 0 saturated carbocycles. The number of carbonyl (C=O) groups excluding carboxylic acids is 3. The molecule has 24 heavy (non-hydrogen) atoms. The van der Waals surface area contributed by atoms with Crippen molar-refractivity contribution in [3.8, 4) is 0 Å². The van der Waals surface area contributed by atoms with Crippen LogP contribution in [0.2, 0.25) is 0 Å². The molecular formula is C16H16N4O4. The molecule has 8 heteroatoms. The first-order chi connectivity index (χ1) is 11.6. The van der Waals surface area contributed by atoms with Crippen molar-refractivity contribution in [2.75, 3.05) is 6.54 Å². The highest BCUT2D eigenvalue weighted by molar-refractivity contribution is 5.96. The minimum atomic E-state index is -0.512. The fourth-order valence-corrected chi connectivity index (χ4v) is 2.48. The van der Waals surface area contributed by atoms with Gasteiger partial charge in [-0.05, 0) is 24.3 Å². The standard InChI is InChI=1S/C16H16N4O4/c21-14-7-12(9-20(14)10-13-4-2-6-24-13)16(23)19-18-15(22)11-3-1-5-17-8-11/h1-6,8,12H,7,9-10H2,(H,18,22)(H,19,23). The zero-order valence-corrected chi connectivity index (χ0v) is 12.8. The Morgan fingerprint density at radius 3 is 2.88 bits per heavy atom. The fourth-order valence-electron chi connectivity index (χ4n) is 2.48. The van der Waals surface area contributed by atoms with Gasteiger partial charge < -0.3 is 9.32 Å². The summed E-state index contributed by atoms with van der Waals surface area (Å²) < 4.78 is 5.21. The molecule has 0 aromatic carbocycles. The summed E-state index contributed by atoms with van der Waals surface area (Å²) in [7, 11) is 0. The Kier molecular flexibility index (Phi) is 4.55. The van der Waals surface area contributed by atoms with Crippen molar-refractivity contribution in [1.29, 1.82) is 0 Å². The molecule has 1 saturated heterocycles. The van der Waals surface area contributed by atoms with Crippen LogP contribution in [0.5, 0.6) is 0 Å². The van der Waals surface area contributed by atoms with Crippen molar-refractivity contribution in [2.45, 2.75) is 13.0 Å². The van der Waals surface area contributed by atoms with E-state index in [-0.39, 0.29) is 18.9 Å². The van der Waals surface area contributed by atoms with E-state index < -0.39 is 17.7 Å². The molecule has 1 fully saturated rings. The molecular weight excluding hydrogens is 312 g/mol. The molecule has 3 heterocycles. The second kappa shape index (κ2) is 6.95. The first-order valence-electron chi connectivity index (χ1n) is 7.44. The van der Waals surface area contributed by atoms with Gasteiger partial charge >= 0.3 is 0 Å². The average molecular weight is 328 g/mol. The highest BCUT2D eigenvalue weighted by atomic mass is 16.3. The van der Waals surface area contributed by atoms with Crippen molar-refractivity contribution < 1.29 is 18.8 Å². The van der Waals surface area contributed by atoms with E-state index in [0.29, 0.717) is 17.9 Å². The Balaban J connectivity index is 1.51. The number of hydrogen-bond acceptors (Lipinski definition) is 5. The van der Waals surface area contributed by atoms with Crippen molar-refractivity contribution >= 4 is 17.7 Å². The van der Waals surface area contributed by atoms with Crippen molar-refractivity contribution in [3.05, 3.63) is 54.2 Å². The van der Waals surface area contributed by atoms with Gasteiger partial charge in [0.25, 0.3) is 5.91 Å². The highest BCUT2D eigenvalue weighted by Crippen LogP contribution is 2.20. The van der Waals surface area contributed by atoms with Crippen molar-refractivity contribution in [3.63, 3.8) is 0 Å². The first kappa shape index (κ1) is 15.7. The van der Waals surface area contributed by atoms with E-state index in [2.05, 4.69) is 15.8 Å². The molecule has 0 bridgehead atoms. The number of aromatic nitrogens is 1. The summed E-state index contributed by atoms with van der Waals surface area (Å²) in [5.74, 6) is -0.836. The molecule has 0 aliphatic carbocycles. The molecule has 2 aromatic rings. The summed E-state index contributed by atoms with van der Waals surface area (Å²) in [4.78, 5) is 41.4. The smallest absolute Gasteiger partial charge is 0.271 e. The summed E-state index contributed by atoms with van der Waals surface area (Å²) in [5.41, 5.74) is 5.01. The number of hydrogen-bond donors (Lipinski definition) is 2. The van der Waals surface area contributed by atoms with Crippen LogP contribution in [-0.2, 0) is 16.1 Å². The summed E-state index contributed by atoms with van der Waals surface area (Å²) in [6.45, 7) is 0.617. The van der Waals surface area contributed by atoms with Gasteiger partial charge in [0.15, 0.2) is 0 Å². The minimum absolute atomic E-state index is 0.106. The number of nitrogens with zero attached hydrogens (tertiary/aromatic N) is 2. The SMILES string of the molecule is O=C(NNC(=O)C1CC(=O)N(Cc2ccco2)C1)c1cccnc1. The Morgan fingerprint density at radius 2 is 2.17 bits per heavy atom. The number of pyridine rings is 1. The minimum Gasteiger partial charge on any atom is -0.467 e. The van der Waals surface area contributed by atoms with Crippen LogP contribution in [0.15, 0.2) is 47.3 Å². The maximum Gasteiger partial charge on any atom is 0.271 e. The summed E-state index contributed by atoms with van der Waals surface area (Å²) in [5, 5.41) is 0. The van der Waals surface area contributed by atoms with Gasteiger partial charge in [-0.2, -0.15) is 0 Å². The molecule has 0 spiro atoms. The van der Waals surface area contributed by atoms with Gasteiger partial charge in [-0.25, -0.2) is 0 Å². The molecule has 1 atom stereocenters. The molecule has 3 rings (SSSR count). The Bertz CT molecular complexity index is 730. The Morgan fingerprint density at radius 1 is 1.29 bits per heavy atom. The lowest BCUT2D eigenvalue weighted by Crippen LogP contribution is -2.45. The molecule has 0 radical (unpaired) electrons. The van der Waals surface area contributed by atoms with Crippen LogP contribution >= 0.6 is 0 Å². The number of likely N-dealkylation sites (tertiary alicyclic amines) is 1. The van der Waals surface area contributed by atoms with Crippen molar-refractivity contribution in [2.24, 2.45) is 5.92 Å². The molecule has 1 unspecified atom stereocenters. The molecule has 1 aliphatic heterocycles. The zero-order valence-electron chi connectivity index (χ0n) is 12.8. The largest absolute Gasteiger partial charge is 0.467 e. The third kappa shape index (κ3) is 3.60. The number of hydrazine groups is 1. The normalized spacial score (nSPS) is 16.9. The third-order valence-electron chi connectivity index (χ3n) is 3.74. The molecule has 2 N–H and O–H groups in total. The Hall–Kier alpha value is -3.16. The third-order valence-corrected chi connectivity index (χ3v) is 3.74. The van der Waals surface area contributed by atoms with Crippen LogP contribution in [0.3, 0.4) is 0 Å². The van der Waals surface area contributed by atoms with Crippen LogP contribution in [0.1, 0.15) is 22.5 Å². The number of nitrogens with one attached hydrogen (secondary N) is 2. The predicted octanol–water partition coefficient (Wildman–Crippen LogP) is 0.484. The molecule has 1 aliphatic rings. The lowest BCUT2D eigenvalue weighted by Gasteiger charge is -2.15. The van der Waals surface area contributed by atoms with E-state index in [9.17, 15) is 14.4 Å². The van der Waals surface area contributed by atoms with Gasteiger partial charge in [-0.1, -0.05) is 0 Å². The topological polar surface area (TPSA) is 105 Å². The van der Waals surface area contributed by atoms with Gasteiger partial charge in [0.05, 0.1) is 24.3 Å². The maximum atomic E-state index is 12.1. The van der Waals surface area contributed by atoms with E-state index in [0.717, 1.165) is 0 Å². The van der Waals surface area contributed by atoms with Gasteiger partial charge in [-0.3, -0.25) is 30.2 Å². The molecule has 8 nitrogen and oxygen atoms in total. The summed E-state index contributed by atoms with van der Waals surface area (Å²) in [6, 6.07) is 6.72. The monoisotopic (exact) mass is 328 g/mol. The Labute approximate surface area is 137 Å². The van der Waals surface area contributed by atoms with E-state index >= 15 is 0 Å². The van der Waals surface area contributed by atoms with E-state index in [1.807, 2.05) is 0 Å². The quantitative estimate of drug-likeness (QED) is 0.795. The molecule has 2 aromatic heterocycles. The summed E-state index contributed by atoms with van der Waals surface area (Å²) >= 11 is 0. The number of carbonyl (C=O) groups is 3. The van der Waals surface area contributed by atoms with Gasteiger partial charge in [0.1, 0.15) is 5.76 Å². The van der Waals surface area contributed by atoms with E-state index in [1.165, 1.54) is 12.5 Å². The fraction of sp³-hybridized carbons (Fsp3) is 0.250. The molecule has 3 amide bonds. The van der Waals surface area contributed by atoms with Crippen LogP contribution in [0.4, 0.5) is 0 Å². The highest BCUT2D eigenvalue weighted by Gasteiger charge is 2.34. The van der Waals surface area contributed by atoms with Crippen LogP contribution < -0.4 is 10.9 Å². The van der Waals surface area contributed by atoms with Gasteiger partial charge in [0, 0.05) is 25.4 Å². The van der Waals surface area contributed by atoms with E-state index in [4.69, 9.17) is 4.42 Å². The first-order valence-corrected chi connectivity index (χ1v) is 7.44. The number of rotatable bonds is 4. The van der Waals surface area contributed by atoms with Crippen LogP contribution in [0, 0.1) is 5.92 Å². The number of amides is 3. The van der Waals surface area contributed by atoms with Gasteiger partial charge in [-0.15, -0.1) is 0 Å².